The smallest absolute Gasteiger partial charge is 0.265 e. The lowest BCUT2D eigenvalue weighted by Crippen LogP contribution is -2.35. The van der Waals surface area contributed by atoms with Crippen LogP contribution >= 0.6 is 11.8 Å². The zero-order chi connectivity index (χ0) is 19.8. The number of aromatic nitrogens is 2. The largest absolute Gasteiger partial charge is 0.306 e. The molecule has 0 radical (unpaired) electrons. The van der Waals surface area contributed by atoms with Crippen LogP contribution in [0.1, 0.15) is 16.1 Å². The van der Waals surface area contributed by atoms with Crippen molar-refractivity contribution in [1.29, 1.82) is 0 Å². The lowest BCUT2D eigenvalue weighted by Gasteiger charge is -2.17. The van der Waals surface area contributed by atoms with Crippen LogP contribution in [0, 0.1) is 12.8 Å². The second kappa shape index (κ2) is 7.04. The van der Waals surface area contributed by atoms with Crippen molar-refractivity contribution < 1.29 is 9.59 Å². The fourth-order valence-electron chi connectivity index (χ4n) is 2.96. The van der Waals surface area contributed by atoms with E-state index in [9.17, 15) is 9.59 Å². The third-order valence-corrected chi connectivity index (χ3v) is 5.10. The predicted molar refractivity (Wildman–Crippen MR) is 108 cm³/mol. The minimum absolute atomic E-state index is 0.0927. The molecule has 10 heteroatoms. The number of rotatable bonds is 3. The molecule has 9 nitrogen and oxygen atoms in total. The van der Waals surface area contributed by atoms with Gasteiger partial charge in [-0.15, -0.1) is 11.8 Å². The Morgan fingerprint density at radius 1 is 1.25 bits per heavy atom. The van der Waals surface area contributed by atoms with E-state index in [0.717, 1.165) is 4.90 Å². The summed E-state index contributed by atoms with van der Waals surface area (Å²) in [6.45, 7) is 1.79. The summed E-state index contributed by atoms with van der Waals surface area (Å²) in [6, 6.07) is 9.03. The molecule has 0 spiro atoms. The number of carbonyl (C=O) groups is 2. The SMILES string of the molecule is CSc1ccccc1C(=O)Nc1cc(C)nn1C1=NC(=O)C2C=NN(C)C2=N1. The molecular formula is C18H17N7O2S. The van der Waals surface area contributed by atoms with E-state index in [2.05, 4.69) is 25.5 Å². The highest BCUT2D eigenvalue weighted by Gasteiger charge is 2.35. The van der Waals surface area contributed by atoms with E-state index >= 15 is 0 Å². The van der Waals surface area contributed by atoms with Gasteiger partial charge in [0.15, 0.2) is 0 Å². The first-order valence-corrected chi connectivity index (χ1v) is 9.71. The highest BCUT2D eigenvalue weighted by molar-refractivity contribution is 7.98. The number of aliphatic imine (C=N–C) groups is 2. The molecule has 3 heterocycles. The molecule has 2 aliphatic heterocycles. The summed E-state index contributed by atoms with van der Waals surface area (Å²) in [5.74, 6) is -0.263. The number of hydrazone groups is 1. The third kappa shape index (κ3) is 3.11. The first-order valence-electron chi connectivity index (χ1n) is 8.48. The van der Waals surface area contributed by atoms with E-state index < -0.39 is 5.92 Å². The van der Waals surface area contributed by atoms with Crippen molar-refractivity contribution in [2.24, 2.45) is 21.0 Å². The Hall–Kier alpha value is -3.27. The van der Waals surface area contributed by atoms with Gasteiger partial charge in [0, 0.05) is 24.2 Å². The van der Waals surface area contributed by atoms with Crippen LogP contribution in [0.5, 0.6) is 0 Å². The molecule has 142 valence electrons. The molecular weight excluding hydrogens is 378 g/mol. The number of amides is 2. The molecule has 0 fully saturated rings. The Morgan fingerprint density at radius 3 is 2.82 bits per heavy atom. The summed E-state index contributed by atoms with van der Waals surface area (Å²) in [6.07, 6.45) is 3.42. The van der Waals surface area contributed by atoms with Gasteiger partial charge in [0.2, 0.25) is 0 Å². The topological polar surface area (TPSA) is 104 Å². The van der Waals surface area contributed by atoms with E-state index in [0.29, 0.717) is 22.9 Å². The molecule has 1 unspecified atom stereocenters. The number of nitrogens with one attached hydrogen (secondary N) is 1. The van der Waals surface area contributed by atoms with Crippen molar-refractivity contribution in [1.82, 2.24) is 14.8 Å². The first kappa shape index (κ1) is 18.1. The Bertz CT molecular complexity index is 1070. The van der Waals surface area contributed by atoms with Gasteiger partial charge in [0.1, 0.15) is 17.6 Å². The minimum Gasteiger partial charge on any atom is -0.306 e. The van der Waals surface area contributed by atoms with Crippen LogP contribution < -0.4 is 5.32 Å². The van der Waals surface area contributed by atoms with E-state index in [1.54, 1.807) is 26.1 Å². The van der Waals surface area contributed by atoms with Gasteiger partial charge in [0.05, 0.1) is 11.3 Å². The summed E-state index contributed by atoms with van der Waals surface area (Å²) in [5, 5.41) is 12.8. The second-order valence-corrected chi connectivity index (χ2v) is 7.07. The summed E-state index contributed by atoms with van der Waals surface area (Å²) in [7, 11) is 1.71. The van der Waals surface area contributed by atoms with Crippen LogP contribution in [0.4, 0.5) is 5.82 Å². The van der Waals surface area contributed by atoms with Gasteiger partial charge in [-0.3, -0.25) is 14.6 Å². The monoisotopic (exact) mass is 395 g/mol. The maximum atomic E-state index is 12.8. The molecule has 1 aromatic carbocycles. The molecule has 28 heavy (non-hydrogen) atoms. The van der Waals surface area contributed by atoms with Gasteiger partial charge in [-0.05, 0) is 25.3 Å². The van der Waals surface area contributed by atoms with E-state index in [4.69, 9.17) is 0 Å². The number of amidine groups is 1. The number of nitrogens with zero attached hydrogens (tertiary/aromatic N) is 6. The van der Waals surface area contributed by atoms with E-state index in [1.165, 1.54) is 27.7 Å². The molecule has 1 atom stereocenters. The fourth-order valence-corrected chi connectivity index (χ4v) is 3.55. The van der Waals surface area contributed by atoms with Gasteiger partial charge in [0.25, 0.3) is 17.8 Å². The van der Waals surface area contributed by atoms with Gasteiger partial charge in [-0.1, -0.05) is 12.1 Å². The Morgan fingerprint density at radius 2 is 2.04 bits per heavy atom. The summed E-state index contributed by atoms with van der Waals surface area (Å²) in [5.41, 5.74) is 1.21. The lowest BCUT2D eigenvalue weighted by molar-refractivity contribution is -0.118. The van der Waals surface area contributed by atoms with Gasteiger partial charge < -0.3 is 5.32 Å². The predicted octanol–water partition coefficient (Wildman–Crippen LogP) is 1.86. The van der Waals surface area contributed by atoms with E-state index in [-0.39, 0.29) is 17.8 Å². The molecule has 1 aromatic heterocycles. The van der Waals surface area contributed by atoms with Crippen LogP contribution in [0.3, 0.4) is 0 Å². The van der Waals surface area contributed by atoms with Crippen LogP contribution in [-0.2, 0) is 4.79 Å². The van der Waals surface area contributed by atoms with Crippen LogP contribution in [-0.4, -0.2) is 57.9 Å². The average Bonchev–Trinajstić information content (AvgIpc) is 3.24. The summed E-state index contributed by atoms with van der Waals surface area (Å²) < 4.78 is 1.36. The van der Waals surface area contributed by atoms with Crippen LogP contribution in [0.2, 0.25) is 0 Å². The number of thioether (sulfide) groups is 1. The molecule has 0 aliphatic carbocycles. The zero-order valence-electron chi connectivity index (χ0n) is 15.4. The van der Waals surface area contributed by atoms with Crippen molar-refractivity contribution in [3.05, 3.63) is 41.6 Å². The molecule has 2 aromatic rings. The molecule has 0 saturated heterocycles. The van der Waals surface area contributed by atoms with Gasteiger partial charge in [-0.25, -0.2) is 0 Å². The molecule has 0 bridgehead atoms. The normalized spacial score (nSPS) is 18.0. The quantitative estimate of drug-likeness (QED) is 0.799. The molecule has 0 saturated carbocycles. The van der Waals surface area contributed by atoms with Crippen LogP contribution in [0.25, 0.3) is 0 Å². The van der Waals surface area contributed by atoms with Crippen LogP contribution in [0.15, 0.2) is 50.3 Å². The van der Waals surface area contributed by atoms with Crippen molar-refractivity contribution in [2.75, 3.05) is 18.6 Å². The fraction of sp³-hybridized carbons (Fsp3) is 0.222. The number of carbonyl (C=O) groups excluding carboxylic acids is 2. The average molecular weight is 395 g/mol. The number of hydrogen-bond acceptors (Lipinski definition) is 7. The minimum atomic E-state index is -0.572. The van der Waals surface area contributed by atoms with Crippen molar-refractivity contribution in [3.8, 4) is 0 Å². The second-order valence-electron chi connectivity index (χ2n) is 6.22. The highest BCUT2D eigenvalue weighted by atomic mass is 32.2. The Labute approximate surface area is 165 Å². The maximum Gasteiger partial charge on any atom is 0.265 e. The molecule has 1 N–H and O–H groups in total. The van der Waals surface area contributed by atoms with Crippen molar-refractivity contribution >= 4 is 47.4 Å². The number of hydrogen-bond donors (Lipinski definition) is 1. The maximum absolute atomic E-state index is 12.8. The number of anilines is 1. The van der Waals surface area contributed by atoms with Crippen molar-refractivity contribution in [2.45, 2.75) is 11.8 Å². The Kier molecular flexibility index (Phi) is 4.55. The lowest BCUT2D eigenvalue weighted by atomic mass is 10.1. The van der Waals surface area contributed by atoms with Crippen molar-refractivity contribution in [3.63, 3.8) is 0 Å². The number of benzene rings is 1. The first-order chi connectivity index (χ1) is 13.5. The third-order valence-electron chi connectivity index (χ3n) is 4.30. The molecule has 2 aliphatic rings. The zero-order valence-corrected chi connectivity index (χ0v) is 16.3. The van der Waals surface area contributed by atoms with Gasteiger partial charge >= 0.3 is 0 Å². The number of fused-ring (bicyclic) bond motifs is 1. The summed E-state index contributed by atoms with van der Waals surface area (Å²) in [4.78, 5) is 34.5. The van der Waals surface area contributed by atoms with E-state index in [1.807, 2.05) is 24.5 Å². The summed E-state index contributed by atoms with van der Waals surface area (Å²) >= 11 is 1.49. The highest BCUT2D eigenvalue weighted by Crippen LogP contribution is 2.23. The molecule has 4 rings (SSSR count). The Balaban J connectivity index is 1.68. The standard InChI is InChI=1S/C18H17N7O2S/c1-10-8-14(20-16(26)11-6-4-5-7-13(11)28-3)25(23-10)18-21-15-12(17(27)22-18)9-19-24(15)2/h4-9,12H,1-3H3,(H,20,26). The molecule has 2 amide bonds. The van der Waals surface area contributed by atoms with Gasteiger partial charge in [-0.2, -0.15) is 24.9 Å². The number of aryl methyl sites for hydroxylation is 1.